The van der Waals surface area contributed by atoms with Gasteiger partial charge in [0.25, 0.3) is 5.91 Å². The van der Waals surface area contributed by atoms with Crippen molar-refractivity contribution in [1.82, 2.24) is 24.4 Å². The lowest BCUT2D eigenvalue weighted by atomic mass is 10.1. The first-order valence-electron chi connectivity index (χ1n) is 12.5. The summed E-state index contributed by atoms with van der Waals surface area (Å²) in [6.45, 7) is 3.10. The third-order valence-corrected chi connectivity index (χ3v) is 6.96. The number of carbonyl (C=O) groups excluding carboxylic acids is 1. The Bertz CT molecular complexity index is 1860. The van der Waals surface area contributed by atoms with Crippen LogP contribution in [-0.4, -0.2) is 37.4 Å². The number of aromatic nitrogens is 5. The second-order valence-corrected chi connectivity index (χ2v) is 9.89. The molecule has 0 atom stereocenters. The normalized spacial score (nSPS) is 12.1. The number of nitrogens with one attached hydrogen (secondary N) is 1. The van der Waals surface area contributed by atoms with E-state index in [9.17, 15) is 31.1 Å². The Hall–Kier alpha value is -4.59. The fourth-order valence-electron chi connectivity index (χ4n) is 4.49. The lowest BCUT2D eigenvalue weighted by Crippen LogP contribution is -2.16. The number of fused-ring (bicyclic) bond motifs is 1. The van der Waals surface area contributed by atoms with Crippen LogP contribution in [0.3, 0.4) is 0 Å². The third kappa shape index (κ3) is 5.87. The molecule has 0 radical (unpaired) electrons. The molecule has 3 heterocycles. The maximum Gasteiger partial charge on any atom is 0.433 e. The predicted octanol–water partition coefficient (Wildman–Crippen LogP) is 7.21. The first-order chi connectivity index (χ1) is 20.2. The van der Waals surface area contributed by atoms with Crippen molar-refractivity contribution in [2.24, 2.45) is 0 Å². The van der Waals surface area contributed by atoms with Crippen molar-refractivity contribution in [3.63, 3.8) is 0 Å². The zero-order chi connectivity index (χ0) is 31.3. The number of benzene rings is 2. The van der Waals surface area contributed by atoms with E-state index in [1.807, 2.05) is 0 Å². The molecule has 0 aliphatic rings. The van der Waals surface area contributed by atoms with E-state index in [-0.39, 0.29) is 17.9 Å². The maximum atomic E-state index is 14.1. The Morgan fingerprint density at radius 3 is 2.37 bits per heavy atom. The van der Waals surface area contributed by atoms with E-state index in [1.165, 1.54) is 30.0 Å². The molecule has 43 heavy (non-hydrogen) atoms. The fraction of sp³-hybridized carbons (Fsp3) is 0.214. The number of hydrogen-bond donors (Lipinski definition) is 1. The van der Waals surface area contributed by atoms with Crippen LogP contribution in [0.4, 0.5) is 32.0 Å². The molecule has 5 aromatic rings. The minimum Gasteiger partial charge on any atom is -0.497 e. The van der Waals surface area contributed by atoms with Crippen LogP contribution >= 0.6 is 11.6 Å². The molecule has 1 N–H and O–H groups in total. The van der Waals surface area contributed by atoms with Gasteiger partial charge in [-0.25, -0.2) is 9.50 Å². The van der Waals surface area contributed by atoms with E-state index in [0.717, 1.165) is 18.2 Å². The molecule has 1 amide bonds. The van der Waals surface area contributed by atoms with Crippen LogP contribution in [-0.2, 0) is 18.9 Å². The summed E-state index contributed by atoms with van der Waals surface area (Å²) < 4.78 is 88.7. The van der Waals surface area contributed by atoms with E-state index >= 15 is 0 Å². The summed E-state index contributed by atoms with van der Waals surface area (Å²) in [6.07, 6.45) is -9.40. The highest BCUT2D eigenvalue weighted by atomic mass is 35.5. The summed E-state index contributed by atoms with van der Waals surface area (Å²) in [4.78, 5) is 17.5. The minimum absolute atomic E-state index is 0.0342. The monoisotopic (exact) mass is 622 g/mol. The number of amides is 1. The van der Waals surface area contributed by atoms with Crippen LogP contribution < -0.4 is 10.1 Å². The van der Waals surface area contributed by atoms with Crippen LogP contribution in [0.15, 0.2) is 54.6 Å². The van der Waals surface area contributed by atoms with Gasteiger partial charge in [-0.05, 0) is 49.7 Å². The van der Waals surface area contributed by atoms with Crippen LogP contribution in [0.2, 0.25) is 5.02 Å². The molecule has 0 saturated heterocycles. The van der Waals surface area contributed by atoms with E-state index in [4.69, 9.17) is 16.3 Å². The molecule has 0 bridgehead atoms. The number of rotatable bonds is 6. The van der Waals surface area contributed by atoms with Crippen LogP contribution in [0.5, 0.6) is 5.75 Å². The highest BCUT2D eigenvalue weighted by Gasteiger charge is 2.37. The molecular formula is C28H21ClF6N6O2. The number of hydrogen-bond acceptors (Lipinski definition) is 5. The number of nitrogens with zero attached hydrogens (tertiary/aromatic N) is 5. The molecule has 5 rings (SSSR count). The molecule has 0 fully saturated rings. The van der Waals surface area contributed by atoms with Crippen molar-refractivity contribution < 1.29 is 35.9 Å². The minimum atomic E-state index is -4.88. The number of aryl methyl sites for hydroxylation is 1. The summed E-state index contributed by atoms with van der Waals surface area (Å²) in [5, 5.41) is 10.3. The predicted molar refractivity (Wildman–Crippen MR) is 145 cm³/mol. The van der Waals surface area contributed by atoms with E-state index < -0.39 is 45.9 Å². The van der Waals surface area contributed by atoms with Crippen LogP contribution in [0.25, 0.3) is 16.9 Å². The number of ether oxygens (including phenoxy) is 1. The molecule has 0 unspecified atom stereocenters. The first-order valence-corrected chi connectivity index (χ1v) is 12.9. The molecule has 0 aliphatic heterocycles. The topological polar surface area (TPSA) is 86.3 Å². The van der Waals surface area contributed by atoms with Gasteiger partial charge in [-0.3, -0.25) is 9.48 Å². The zero-order valence-corrected chi connectivity index (χ0v) is 23.4. The van der Waals surface area contributed by atoms with Gasteiger partial charge in [-0.15, -0.1) is 0 Å². The molecule has 224 valence electrons. The van der Waals surface area contributed by atoms with E-state index in [2.05, 4.69) is 20.5 Å². The summed E-state index contributed by atoms with van der Waals surface area (Å²) in [5.74, 6) is -0.539. The number of halogens is 7. The Labute approximate surface area is 244 Å². The Kier molecular flexibility index (Phi) is 7.59. The Balaban J connectivity index is 1.50. The molecule has 0 aliphatic carbocycles. The van der Waals surface area contributed by atoms with Gasteiger partial charge in [-0.1, -0.05) is 35.9 Å². The fourth-order valence-corrected chi connectivity index (χ4v) is 4.74. The van der Waals surface area contributed by atoms with Gasteiger partial charge >= 0.3 is 12.4 Å². The quantitative estimate of drug-likeness (QED) is 0.202. The summed E-state index contributed by atoms with van der Waals surface area (Å²) in [5.41, 5.74) is -1.49. The van der Waals surface area contributed by atoms with Crippen molar-refractivity contribution in [3.05, 3.63) is 93.5 Å². The molecular weight excluding hydrogens is 602 g/mol. The number of carbonyl (C=O) groups is 1. The average molecular weight is 623 g/mol. The zero-order valence-electron chi connectivity index (χ0n) is 22.6. The van der Waals surface area contributed by atoms with Gasteiger partial charge in [-0.2, -0.15) is 36.5 Å². The van der Waals surface area contributed by atoms with Crippen molar-refractivity contribution in [2.75, 3.05) is 12.4 Å². The highest BCUT2D eigenvalue weighted by molar-refractivity contribution is 6.37. The number of methoxy groups -OCH3 is 1. The highest BCUT2D eigenvalue weighted by Crippen LogP contribution is 2.36. The van der Waals surface area contributed by atoms with E-state index in [1.54, 1.807) is 32.0 Å². The average Bonchev–Trinajstić information content (AvgIpc) is 3.42. The van der Waals surface area contributed by atoms with Gasteiger partial charge in [0.1, 0.15) is 10.8 Å². The van der Waals surface area contributed by atoms with Gasteiger partial charge in [0.15, 0.2) is 17.0 Å². The van der Waals surface area contributed by atoms with Crippen LogP contribution in [0.1, 0.15) is 38.7 Å². The van der Waals surface area contributed by atoms with Crippen molar-refractivity contribution >= 4 is 28.8 Å². The van der Waals surface area contributed by atoms with Gasteiger partial charge in [0, 0.05) is 5.56 Å². The largest absolute Gasteiger partial charge is 0.497 e. The molecule has 2 aromatic carbocycles. The smallest absolute Gasteiger partial charge is 0.433 e. The van der Waals surface area contributed by atoms with Gasteiger partial charge in [0.05, 0.1) is 42.0 Å². The van der Waals surface area contributed by atoms with E-state index in [0.29, 0.717) is 32.8 Å². The molecule has 15 heteroatoms. The van der Waals surface area contributed by atoms with Gasteiger partial charge in [0.2, 0.25) is 0 Å². The second kappa shape index (κ2) is 10.9. The molecule has 3 aromatic heterocycles. The SMILES string of the molecule is COc1cccc(-c2cc(C(F)(F)F)n3nc(C(=O)Nc4c(C)nn(Cc5cccc(C(F)(F)F)c5)c4C)c(Cl)c3n2)c1. The summed E-state index contributed by atoms with van der Waals surface area (Å²) >= 11 is 6.39. The standard InChI is InChI=1S/C28H21ClF6N6O2/c1-14-23(15(2)40(38-14)13-16-6-4-8-18(10-16)27(30,31)32)37-26(42)24-22(29)25-36-20(17-7-5-9-19(11-17)43-3)12-21(28(33,34)35)41(25)39-24/h4-12H,13H2,1-3H3,(H,37,42). The first kappa shape index (κ1) is 29.9. The summed E-state index contributed by atoms with van der Waals surface area (Å²) in [7, 11) is 1.41. The lowest BCUT2D eigenvalue weighted by molar-refractivity contribution is -0.142. The summed E-state index contributed by atoms with van der Waals surface area (Å²) in [6, 6.07) is 11.8. The molecule has 8 nitrogen and oxygen atoms in total. The molecule has 0 saturated carbocycles. The van der Waals surface area contributed by atoms with Crippen molar-refractivity contribution in [2.45, 2.75) is 32.7 Å². The third-order valence-electron chi connectivity index (χ3n) is 6.61. The van der Waals surface area contributed by atoms with Crippen molar-refractivity contribution in [3.8, 4) is 17.0 Å². The van der Waals surface area contributed by atoms with Gasteiger partial charge < -0.3 is 10.1 Å². The Morgan fingerprint density at radius 1 is 0.977 bits per heavy atom. The van der Waals surface area contributed by atoms with Crippen LogP contribution in [0, 0.1) is 13.8 Å². The lowest BCUT2D eigenvalue weighted by Gasteiger charge is -2.11. The van der Waals surface area contributed by atoms with Crippen molar-refractivity contribution in [1.29, 1.82) is 0 Å². The number of alkyl halides is 6. The Morgan fingerprint density at radius 2 is 1.70 bits per heavy atom. The maximum absolute atomic E-state index is 14.1. The number of anilines is 1. The second-order valence-electron chi connectivity index (χ2n) is 9.51. The molecule has 0 spiro atoms.